The summed E-state index contributed by atoms with van der Waals surface area (Å²) in [6.45, 7) is 1.52. The molecule has 2 unspecified atom stereocenters. The standard InChI is InChI=1S/C18H16O2/c1-12(19)17-16(13-7-3-2-4-8-13)11-14-9-5-6-10-15(14)18(17)20/h2-10,16-17H,11H2,1H3. The number of ketones is 2. The first-order valence-electron chi connectivity index (χ1n) is 6.86. The van der Waals surface area contributed by atoms with Crippen molar-refractivity contribution >= 4 is 11.6 Å². The SMILES string of the molecule is CC(=O)C1C(=O)c2ccccc2CC1c1ccccc1. The van der Waals surface area contributed by atoms with E-state index in [9.17, 15) is 9.59 Å². The van der Waals surface area contributed by atoms with E-state index in [2.05, 4.69) is 0 Å². The van der Waals surface area contributed by atoms with Gasteiger partial charge in [-0.05, 0) is 24.5 Å². The van der Waals surface area contributed by atoms with Gasteiger partial charge < -0.3 is 0 Å². The molecule has 0 heterocycles. The Morgan fingerprint density at radius 3 is 2.35 bits per heavy atom. The Bertz CT molecular complexity index is 658. The normalized spacial score (nSPS) is 21.4. The van der Waals surface area contributed by atoms with Crippen molar-refractivity contribution in [1.29, 1.82) is 0 Å². The number of fused-ring (bicyclic) bond motifs is 1. The van der Waals surface area contributed by atoms with Crippen LogP contribution in [-0.4, -0.2) is 11.6 Å². The van der Waals surface area contributed by atoms with E-state index < -0.39 is 5.92 Å². The summed E-state index contributed by atoms with van der Waals surface area (Å²) in [4.78, 5) is 24.6. The number of carbonyl (C=O) groups is 2. The molecule has 2 aromatic carbocycles. The fraction of sp³-hybridized carbons (Fsp3) is 0.222. The van der Waals surface area contributed by atoms with E-state index in [1.54, 1.807) is 0 Å². The molecule has 0 radical (unpaired) electrons. The van der Waals surface area contributed by atoms with Gasteiger partial charge in [-0.3, -0.25) is 9.59 Å². The van der Waals surface area contributed by atoms with Crippen molar-refractivity contribution < 1.29 is 9.59 Å². The average Bonchev–Trinajstić information content (AvgIpc) is 2.47. The molecule has 0 spiro atoms. The van der Waals surface area contributed by atoms with Crippen LogP contribution in [0.2, 0.25) is 0 Å². The summed E-state index contributed by atoms with van der Waals surface area (Å²) >= 11 is 0. The number of hydrogen-bond donors (Lipinski definition) is 0. The Hall–Kier alpha value is -2.22. The van der Waals surface area contributed by atoms with E-state index in [1.807, 2.05) is 54.6 Å². The molecule has 2 nitrogen and oxygen atoms in total. The molecule has 0 amide bonds. The quantitative estimate of drug-likeness (QED) is 0.779. The zero-order valence-electron chi connectivity index (χ0n) is 11.4. The molecular weight excluding hydrogens is 248 g/mol. The van der Waals surface area contributed by atoms with Crippen molar-refractivity contribution in [3.63, 3.8) is 0 Å². The Morgan fingerprint density at radius 2 is 1.65 bits per heavy atom. The highest BCUT2D eigenvalue weighted by Crippen LogP contribution is 2.37. The predicted octanol–water partition coefficient (Wildman–Crippen LogP) is 3.41. The van der Waals surface area contributed by atoms with Gasteiger partial charge in [-0.25, -0.2) is 0 Å². The van der Waals surface area contributed by atoms with Gasteiger partial charge in [-0.15, -0.1) is 0 Å². The van der Waals surface area contributed by atoms with E-state index in [0.29, 0.717) is 5.56 Å². The molecule has 2 atom stereocenters. The lowest BCUT2D eigenvalue weighted by molar-refractivity contribution is -0.120. The largest absolute Gasteiger partial charge is 0.299 e. The fourth-order valence-electron chi connectivity index (χ4n) is 3.12. The molecule has 2 aromatic rings. The first kappa shape index (κ1) is 12.8. The number of Topliss-reactive ketones (excluding diaryl/α,β-unsaturated/α-hetero) is 2. The highest BCUT2D eigenvalue weighted by atomic mass is 16.1. The average molecular weight is 264 g/mol. The molecule has 0 aromatic heterocycles. The van der Waals surface area contributed by atoms with Crippen LogP contribution in [0.4, 0.5) is 0 Å². The van der Waals surface area contributed by atoms with E-state index in [1.165, 1.54) is 6.92 Å². The molecule has 0 bridgehead atoms. The van der Waals surface area contributed by atoms with Gasteiger partial charge in [0.1, 0.15) is 5.78 Å². The van der Waals surface area contributed by atoms with Crippen LogP contribution in [0.1, 0.15) is 34.3 Å². The summed E-state index contributed by atoms with van der Waals surface area (Å²) in [5, 5.41) is 0. The summed E-state index contributed by atoms with van der Waals surface area (Å²) in [6, 6.07) is 17.5. The van der Waals surface area contributed by atoms with Crippen LogP contribution in [0, 0.1) is 5.92 Å². The predicted molar refractivity (Wildman–Crippen MR) is 77.8 cm³/mol. The smallest absolute Gasteiger partial charge is 0.174 e. The monoisotopic (exact) mass is 264 g/mol. The summed E-state index contributed by atoms with van der Waals surface area (Å²) < 4.78 is 0. The Morgan fingerprint density at radius 1 is 1.00 bits per heavy atom. The van der Waals surface area contributed by atoms with Crippen LogP contribution >= 0.6 is 0 Å². The fourth-order valence-corrected chi connectivity index (χ4v) is 3.12. The van der Waals surface area contributed by atoms with Gasteiger partial charge in [0.05, 0.1) is 5.92 Å². The molecule has 3 rings (SSSR count). The third-order valence-corrected chi connectivity index (χ3v) is 4.07. The maximum atomic E-state index is 12.6. The summed E-state index contributed by atoms with van der Waals surface area (Å²) in [5.41, 5.74) is 2.82. The van der Waals surface area contributed by atoms with Crippen LogP contribution in [-0.2, 0) is 11.2 Å². The lowest BCUT2D eigenvalue weighted by Gasteiger charge is -2.30. The van der Waals surface area contributed by atoms with E-state index in [0.717, 1.165) is 17.5 Å². The van der Waals surface area contributed by atoms with Gasteiger partial charge in [0.2, 0.25) is 0 Å². The van der Waals surface area contributed by atoms with Crippen LogP contribution < -0.4 is 0 Å². The highest BCUT2D eigenvalue weighted by molar-refractivity contribution is 6.12. The summed E-state index contributed by atoms with van der Waals surface area (Å²) in [7, 11) is 0. The molecule has 0 fully saturated rings. The van der Waals surface area contributed by atoms with Crippen LogP contribution in [0.5, 0.6) is 0 Å². The molecule has 0 aliphatic heterocycles. The highest BCUT2D eigenvalue weighted by Gasteiger charge is 2.38. The van der Waals surface area contributed by atoms with Crippen molar-refractivity contribution in [2.24, 2.45) is 5.92 Å². The lowest BCUT2D eigenvalue weighted by Crippen LogP contribution is -2.34. The van der Waals surface area contributed by atoms with Gasteiger partial charge >= 0.3 is 0 Å². The minimum absolute atomic E-state index is 0.0341. The second-order valence-corrected chi connectivity index (χ2v) is 5.33. The van der Waals surface area contributed by atoms with E-state index in [-0.39, 0.29) is 17.5 Å². The number of carbonyl (C=O) groups excluding carboxylic acids is 2. The number of hydrogen-bond acceptors (Lipinski definition) is 2. The second-order valence-electron chi connectivity index (χ2n) is 5.33. The Balaban J connectivity index is 2.11. The van der Waals surface area contributed by atoms with Crippen molar-refractivity contribution in [2.75, 3.05) is 0 Å². The van der Waals surface area contributed by atoms with Gasteiger partial charge in [-0.1, -0.05) is 54.6 Å². The van der Waals surface area contributed by atoms with Crippen molar-refractivity contribution in [2.45, 2.75) is 19.3 Å². The lowest BCUT2D eigenvalue weighted by atomic mass is 9.70. The molecule has 2 heteroatoms. The van der Waals surface area contributed by atoms with E-state index in [4.69, 9.17) is 0 Å². The molecule has 0 saturated heterocycles. The number of rotatable bonds is 2. The van der Waals surface area contributed by atoms with Crippen LogP contribution in [0.15, 0.2) is 54.6 Å². The van der Waals surface area contributed by atoms with Gasteiger partial charge in [0.15, 0.2) is 5.78 Å². The zero-order valence-corrected chi connectivity index (χ0v) is 11.4. The van der Waals surface area contributed by atoms with Crippen LogP contribution in [0.3, 0.4) is 0 Å². The number of benzene rings is 2. The topological polar surface area (TPSA) is 34.1 Å². The molecule has 20 heavy (non-hydrogen) atoms. The molecule has 100 valence electrons. The maximum absolute atomic E-state index is 12.6. The van der Waals surface area contributed by atoms with Gasteiger partial charge in [0.25, 0.3) is 0 Å². The Kier molecular flexibility index (Phi) is 3.23. The maximum Gasteiger partial charge on any atom is 0.174 e. The molecule has 1 aliphatic rings. The minimum Gasteiger partial charge on any atom is -0.299 e. The zero-order chi connectivity index (χ0) is 14.1. The van der Waals surface area contributed by atoms with Crippen LogP contribution in [0.25, 0.3) is 0 Å². The molecular formula is C18H16O2. The Labute approximate surface area is 118 Å². The third-order valence-electron chi connectivity index (χ3n) is 4.07. The molecule has 1 aliphatic carbocycles. The van der Waals surface area contributed by atoms with Gasteiger partial charge in [0, 0.05) is 11.5 Å². The molecule has 0 N–H and O–H groups in total. The first-order chi connectivity index (χ1) is 9.68. The van der Waals surface area contributed by atoms with Crippen molar-refractivity contribution in [3.8, 4) is 0 Å². The third kappa shape index (κ3) is 2.07. The van der Waals surface area contributed by atoms with Crippen molar-refractivity contribution in [1.82, 2.24) is 0 Å². The molecule has 0 saturated carbocycles. The van der Waals surface area contributed by atoms with Crippen molar-refractivity contribution in [3.05, 3.63) is 71.3 Å². The second kappa shape index (κ2) is 5.04. The van der Waals surface area contributed by atoms with E-state index >= 15 is 0 Å². The minimum atomic E-state index is -0.549. The summed E-state index contributed by atoms with van der Waals surface area (Å²) in [5.74, 6) is -0.671. The summed E-state index contributed by atoms with van der Waals surface area (Å²) in [6.07, 6.45) is 0.746. The van der Waals surface area contributed by atoms with Gasteiger partial charge in [-0.2, -0.15) is 0 Å². The first-order valence-corrected chi connectivity index (χ1v) is 6.86.